The van der Waals surface area contributed by atoms with Crippen LogP contribution in [0.1, 0.15) is 21.2 Å². The Hall–Kier alpha value is -2.75. The molecule has 0 unspecified atom stereocenters. The van der Waals surface area contributed by atoms with Gasteiger partial charge in [0, 0.05) is 27.1 Å². The summed E-state index contributed by atoms with van der Waals surface area (Å²) in [6.45, 7) is 0.995. The second-order valence-electron chi connectivity index (χ2n) is 5.65. The van der Waals surface area contributed by atoms with E-state index in [0.29, 0.717) is 34.8 Å². The number of thiazole rings is 1. The summed E-state index contributed by atoms with van der Waals surface area (Å²) < 4.78 is 1.57. The van der Waals surface area contributed by atoms with E-state index in [-0.39, 0.29) is 11.5 Å². The third-order valence-corrected chi connectivity index (χ3v) is 5.11. The summed E-state index contributed by atoms with van der Waals surface area (Å²) in [5.41, 5.74) is 1.16. The van der Waals surface area contributed by atoms with Crippen molar-refractivity contribution in [1.29, 1.82) is 0 Å². The number of amides is 1. The molecule has 10 heteroatoms. The van der Waals surface area contributed by atoms with Crippen molar-refractivity contribution in [3.8, 4) is 0 Å². The van der Waals surface area contributed by atoms with Gasteiger partial charge in [-0.2, -0.15) is 5.10 Å². The zero-order chi connectivity index (χ0) is 16.8. The highest BCUT2D eigenvalue weighted by Crippen LogP contribution is 2.28. The fourth-order valence-corrected chi connectivity index (χ4v) is 3.66. The van der Waals surface area contributed by atoms with Gasteiger partial charge in [0.25, 0.3) is 11.5 Å². The smallest absolute Gasteiger partial charge is 0.263 e. The molecule has 4 rings (SSSR count). The molecular weight excluding hydrogens is 330 g/mol. The number of carbonyl (C=O) groups excluding carboxylic acids is 1. The van der Waals surface area contributed by atoms with Gasteiger partial charge in [0.2, 0.25) is 0 Å². The number of anilines is 1. The van der Waals surface area contributed by atoms with E-state index in [4.69, 9.17) is 0 Å². The van der Waals surface area contributed by atoms with Crippen LogP contribution >= 0.6 is 11.3 Å². The Morgan fingerprint density at radius 2 is 2.21 bits per heavy atom. The molecule has 3 aromatic rings. The fraction of sp³-hybridized carbons (Fsp3) is 0.357. The highest BCUT2D eigenvalue weighted by Gasteiger charge is 2.23. The van der Waals surface area contributed by atoms with E-state index in [1.54, 1.807) is 11.7 Å². The molecule has 3 aromatic heterocycles. The summed E-state index contributed by atoms with van der Waals surface area (Å²) in [4.78, 5) is 38.2. The van der Waals surface area contributed by atoms with Gasteiger partial charge in [-0.3, -0.25) is 14.3 Å². The van der Waals surface area contributed by atoms with Gasteiger partial charge in [-0.05, 0) is 0 Å². The number of carbonyl (C=O) groups is 1. The molecule has 0 saturated heterocycles. The van der Waals surface area contributed by atoms with E-state index in [0.717, 1.165) is 17.2 Å². The topological polar surface area (TPSA) is 109 Å². The van der Waals surface area contributed by atoms with Crippen LogP contribution in [0.3, 0.4) is 0 Å². The lowest BCUT2D eigenvalue weighted by molar-refractivity contribution is 0.0950. The first-order chi connectivity index (χ1) is 11.5. The van der Waals surface area contributed by atoms with Crippen LogP contribution in [0.5, 0.6) is 0 Å². The van der Waals surface area contributed by atoms with Gasteiger partial charge in [0.05, 0.1) is 18.4 Å². The van der Waals surface area contributed by atoms with E-state index in [1.807, 2.05) is 11.9 Å². The third-order valence-electron chi connectivity index (χ3n) is 3.90. The minimum absolute atomic E-state index is 0.0729. The van der Waals surface area contributed by atoms with E-state index >= 15 is 0 Å². The van der Waals surface area contributed by atoms with Gasteiger partial charge < -0.3 is 15.2 Å². The minimum Gasteiger partial charge on any atom is -0.351 e. The van der Waals surface area contributed by atoms with Crippen LogP contribution in [-0.4, -0.2) is 44.2 Å². The number of hydrogen-bond acceptors (Lipinski definition) is 7. The van der Waals surface area contributed by atoms with Crippen molar-refractivity contribution < 1.29 is 4.79 Å². The maximum atomic E-state index is 12.1. The van der Waals surface area contributed by atoms with Gasteiger partial charge >= 0.3 is 0 Å². The summed E-state index contributed by atoms with van der Waals surface area (Å²) >= 11 is 1.35. The van der Waals surface area contributed by atoms with Gasteiger partial charge in [-0.1, -0.05) is 11.3 Å². The summed E-state index contributed by atoms with van der Waals surface area (Å²) in [5.74, 6) is 0.451. The number of rotatable bonds is 3. The highest BCUT2D eigenvalue weighted by molar-refractivity contribution is 7.17. The molecule has 0 fully saturated rings. The normalized spacial score (nSPS) is 13.8. The Balaban J connectivity index is 1.64. The number of aryl methyl sites for hydroxylation is 1. The first-order valence-corrected chi connectivity index (χ1v) is 8.24. The van der Waals surface area contributed by atoms with Crippen LogP contribution in [0, 0.1) is 0 Å². The average Bonchev–Trinajstić information content (AvgIpc) is 3.13. The van der Waals surface area contributed by atoms with E-state index in [9.17, 15) is 9.59 Å². The lowest BCUT2D eigenvalue weighted by Crippen LogP contribution is -2.30. The maximum Gasteiger partial charge on any atom is 0.263 e. The van der Waals surface area contributed by atoms with Crippen molar-refractivity contribution in [3.05, 3.63) is 32.9 Å². The van der Waals surface area contributed by atoms with Crippen molar-refractivity contribution in [1.82, 2.24) is 30.0 Å². The molecule has 4 heterocycles. The first-order valence-electron chi connectivity index (χ1n) is 7.43. The zero-order valence-corrected chi connectivity index (χ0v) is 14.0. The lowest BCUT2D eigenvalue weighted by atomic mass is 10.2. The molecule has 2 N–H and O–H groups in total. The van der Waals surface area contributed by atoms with Crippen LogP contribution in [-0.2, 0) is 20.0 Å². The van der Waals surface area contributed by atoms with Crippen LogP contribution < -0.4 is 15.8 Å². The number of hydrogen-bond donors (Lipinski definition) is 2. The third kappa shape index (κ3) is 2.35. The maximum absolute atomic E-state index is 12.1. The molecule has 0 bridgehead atoms. The summed E-state index contributed by atoms with van der Waals surface area (Å²) in [6, 6.07) is 0. The number of aromatic nitrogens is 5. The summed E-state index contributed by atoms with van der Waals surface area (Å²) in [7, 11) is 3.60. The van der Waals surface area contributed by atoms with E-state index in [2.05, 4.69) is 25.4 Å². The fourth-order valence-electron chi connectivity index (χ4n) is 2.67. The van der Waals surface area contributed by atoms with Gasteiger partial charge in [-0.25, -0.2) is 9.97 Å². The van der Waals surface area contributed by atoms with Crippen molar-refractivity contribution in [2.75, 3.05) is 18.5 Å². The molecule has 1 amide bonds. The Morgan fingerprint density at radius 3 is 3.00 bits per heavy atom. The molecule has 0 aromatic carbocycles. The molecule has 24 heavy (non-hydrogen) atoms. The van der Waals surface area contributed by atoms with Crippen LogP contribution in [0.4, 0.5) is 5.13 Å². The van der Waals surface area contributed by atoms with Crippen molar-refractivity contribution >= 4 is 33.4 Å². The Kier molecular flexibility index (Phi) is 3.34. The predicted molar refractivity (Wildman–Crippen MR) is 89.4 cm³/mol. The van der Waals surface area contributed by atoms with Gasteiger partial charge in [-0.15, -0.1) is 0 Å². The largest absolute Gasteiger partial charge is 0.351 e. The number of fused-ring (bicyclic) bond motifs is 2. The van der Waals surface area contributed by atoms with Gasteiger partial charge in [0.15, 0.2) is 10.8 Å². The first kappa shape index (κ1) is 14.8. The van der Waals surface area contributed by atoms with Crippen LogP contribution in [0.25, 0.3) is 11.0 Å². The molecule has 0 aliphatic carbocycles. The van der Waals surface area contributed by atoms with E-state index < -0.39 is 0 Å². The standard InChI is InChI=1S/C14H15N7O2S/c1-20(14-17-8-3-4-15-13(23)10(8)24-14)6-9-18-11-7(12(22)19-9)5-16-21(11)2/h5H,3-4,6H2,1-2H3,(H,15,23)(H,18,19,22). The van der Waals surface area contributed by atoms with Crippen molar-refractivity contribution in [3.63, 3.8) is 0 Å². The van der Waals surface area contributed by atoms with E-state index in [1.165, 1.54) is 17.5 Å². The Morgan fingerprint density at radius 1 is 1.38 bits per heavy atom. The van der Waals surface area contributed by atoms with Crippen LogP contribution in [0.2, 0.25) is 0 Å². The van der Waals surface area contributed by atoms with Crippen LogP contribution in [0.15, 0.2) is 11.0 Å². The highest BCUT2D eigenvalue weighted by atomic mass is 32.1. The second-order valence-corrected chi connectivity index (χ2v) is 6.63. The number of aromatic amines is 1. The average molecular weight is 345 g/mol. The Bertz CT molecular complexity index is 1000. The number of H-pyrrole nitrogens is 1. The molecule has 0 radical (unpaired) electrons. The van der Waals surface area contributed by atoms with Gasteiger partial charge in [0.1, 0.15) is 16.1 Å². The minimum atomic E-state index is -0.214. The molecular formula is C14H15N7O2S. The van der Waals surface area contributed by atoms with Crippen molar-refractivity contribution in [2.45, 2.75) is 13.0 Å². The lowest BCUT2D eigenvalue weighted by Gasteiger charge is -2.14. The molecule has 0 saturated carbocycles. The SMILES string of the molecule is CN(Cc1nc2c(cnn2C)c(=O)[nH]1)c1nc2c(s1)C(=O)NCC2. The summed E-state index contributed by atoms with van der Waals surface area (Å²) in [5, 5.41) is 8.06. The Labute approximate surface area is 140 Å². The molecule has 0 atom stereocenters. The molecule has 1 aliphatic rings. The second kappa shape index (κ2) is 5.41. The zero-order valence-electron chi connectivity index (χ0n) is 13.2. The molecule has 1 aliphatic heterocycles. The molecule has 9 nitrogen and oxygen atoms in total. The monoisotopic (exact) mass is 345 g/mol. The number of nitrogens with one attached hydrogen (secondary N) is 2. The van der Waals surface area contributed by atoms with Crippen molar-refractivity contribution in [2.24, 2.45) is 7.05 Å². The number of nitrogens with zero attached hydrogens (tertiary/aromatic N) is 5. The quantitative estimate of drug-likeness (QED) is 0.693. The summed E-state index contributed by atoms with van der Waals surface area (Å²) in [6.07, 6.45) is 2.24. The molecule has 0 spiro atoms. The predicted octanol–water partition coefficient (Wildman–Crippen LogP) is 0.0354. The molecule has 124 valence electrons.